The van der Waals surface area contributed by atoms with E-state index in [9.17, 15) is 9.90 Å². The normalized spacial score (nSPS) is 12.7. The average Bonchev–Trinajstić information content (AvgIpc) is 2.63. The summed E-state index contributed by atoms with van der Waals surface area (Å²) in [7, 11) is 2.29. The summed E-state index contributed by atoms with van der Waals surface area (Å²) in [6.07, 6.45) is 0.868. The van der Waals surface area contributed by atoms with Crippen LogP contribution in [-0.4, -0.2) is 41.2 Å². The van der Waals surface area contributed by atoms with Gasteiger partial charge in [-0.15, -0.1) is 0 Å². The predicted octanol–water partition coefficient (Wildman–Crippen LogP) is 1.28. The van der Waals surface area contributed by atoms with Crippen LogP contribution in [0.25, 0.3) is 0 Å². The van der Waals surface area contributed by atoms with E-state index >= 15 is 0 Å². The molecule has 4 nitrogen and oxygen atoms in total. The average molecular weight is 496 g/mol. The Morgan fingerprint density at radius 2 is 1.61 bits per heavy atom. The molecule has 0 aliphatic rings. The first-order chi connectivity index (χ1) is 12.7. The van der Waals surface area contributed by atoms with Crippen LogP contribution in [-0.2, 0) is 0 Å². The number of nitrogens with two attached hydrogens (primary N) is 1. The summed E-state index contributed by atoms with van der Waals surface area (Å²) in [6, 6.07) is 16.0. The zero-order valence-electron chi connectivity index (χ0n) is 17.5. The first-order valence-corrected chi connectivity index (χ1v) is 9.69. The highest BCUT2D eigenvalue weighted by molar-refractivity contribution is 5.93. The number of rotatable bonds is 8. The van der Waals surface area contributed by atoms with Gasteiger partial charge < -0.3 is 39.3 Å². The standard InChI is InChI=1S/C23H32N2O2.HI/c1-16(2)25(5,17(3)4)14-13-20(18-9-7-6-8-10-18)21-15-19(23(24)27)11-12-22(21)26;/h6-12,15-17,20H,13-14H2,1-5H3,(H2-,24,26,27);1H. The van der Waals surface area contributed by atoms with Crippen LogP contribution in [0.15, 0.2) is 48.5 Å². The fourth-order valence-electron chi connectivity index (χ4n) is 3.69. The highest BCUT2D eigenvalue weighted by Gasteiger charge is 2.31. The lowest BCUT2D eigenvalue weighted by Gasteiger charge is -2.43. The highest BCUT2D eigenvalue weighted by Crippen LogP contribution is 2.36. The lowest BCUT2D eigenvalue weighted by molar-refractivity contribution is -0.949. The number of quaternary nitrogens is 1. The van der Waals surface area contributed by atoms with Gasteiger partial charge in [0.15, 0.2) is 0 Å². The van der Waals surface area contributed by atoms with E-state index < -0.39 is 5.91 Å². The third-order valence-electron chi connectivity index (χ3n) is 6.15. The summed E-state index contributed by atoms with van der Waals surface area (Å²) >= 11 is 0. The topological polar surface area (TPSA) is 63.3 Å². The number of primary amides is 1. The van der Waals surface area contributed by atoms with Crippen LogP contribution >= 0.6 is 0 Å². The SMILES string of the molecule is CC(C)[N+](C)(CCC(c1ccccc1)c1cc(C(N)=O)ccc1O)C(C)C.[I-]. The van der Waals surface area contributed by atoms with Gasteiger partial charge in [-0.25, -0.2) is 0 Å². The van der Waals surface area contributed by atoms with Gasteiger partial charge in [-0.3, -0.25) is 4.79 Å². The molecule has 3 N–H and O–H groups in total. The van der Waals surface area contributed by atoms with Gasteiger partial charge in [0.2, 0.25) is 5.91 Å². The van der Waals surface area contributed by atoms with Crippen LogP contribution < -0.4 is 29.7 Å². The van der Waals surface area contributed by atoms with Gasteiger partial charge >= 0.3 is 0 Å². The van der Waals surface area contributed by atoms with E-state index in [4.69, 9.17) is 5.73 Å². The Morgan fingerprint density at radius 3 is 2.11 bits per heavy atom. The number of aromatic hydroxyl groups is 1. The number of phenolic OH excluding ortho intramolecular Hbond substituents is 1. The largest absolute Gasteiger partial charge is 1.00 e. The quantitative estimate of drug-likeness (QED) is 0.428. The summed E-state index contributed by atoms with van der Waals surface area (Å²) in [4.78, 5) is 11.7. The number of hydrogen-bond donors (Lipinski definition) is 2. The maximum atomic E-state index is 11.7. The molecule has 0 aliphatic heterocycles. The van der Waals surface area contributed by atoms with E-state index in [1.165, 1.54) is 0 Å². The zero-order chi connectivity index (χ0) is 20.2. The number of phenols is 1. The van der Waals surface area contributed by atoms with Gasteiger partial charge in [0.1, 0.15) is 5.75 Å². The zero-order valence-corrected chi connectivity index (χ0v) is 19.7. The molecule has 0 bridgehead atoms. The number of carbonyl (C=O) groups excluding carboxylic acids is 1. The molecular formula is C23H33IN2O2. The fourth-order valence-corrected chi connectivity index (χ4v) is 3.69. The van der Waals surface area contributed by atoms with Crippen molar-refractivity contribution >= 4 is 5.91 Å². The van der Waals surface area contributed by atoms with Crippen molar-refractivity contribution < 1.29 is 38.4 Å². The van der Waals surface area contributed by atoms with Crippen molar-refractivity contribution in [3.8, 4) is 5.75 Å². The van der Waals surface area contributed by atoms with E-state index in [0.717, 1.165) is 28.6 Å². The molecule has 1 amide bonds. The van der Waals surface area contributed by atoms with Gasteiger partial charge in [-0.1, -0.05) is 30.3 Å². The van der Waals surface area contributed by atoms with Crippen LogP contribution in [0.1, 0.15) is 61.5 Å². The minimum atomic E-state index is -0.479. The van der Waals surface area contributed by atoms with Gasteiger partial charge in [-0.2, -0.15) is 0 Å². The first-order valence-electron chi connectivity index (χ1n) is 9.69. The Labute approximate surface area is 186 Å². The number of hydrogen-bond acceptors (Lipinski definition) is 2. The molecule has 154 valence electrons. The molecule has 0 saturated heterocycles. The molecule has 5 heteroatoms. The molecule has 0 spiro atoms. The van der Waals surface area contributed by atoms with Crippen LogP contribution in [0.3, 0.4) is 0 Å². The minimum Gasteiger partial charge on any atom is -1.00 e. The lowest BCUT2D eigenvalue weighted by Crippen LogP contribution is -3.00. The van der Waals surface area contributed by atoms with Gasteiger partial charge in [0.05, 0.1) is 25.7 Å². The molecule has 1 atom stereocenters. The lowest BCUT2D eigenvalue weighted by atomic mass is 9.86. The number of carbonyl (C=O) groups is 1. The van der Waals surface area contributed by atoms with Crippen LogP contribution in [0.5, 0.6) is 5.75 Å². The summed E-state index contributed by atoms with van der Waals surface area (Å²) in [5, 5.41) is 10.5. The fraction of sp³-hybridized carbons (Fsp3) is 0.435. The van der Waals surface area contributed by atoms with E-state index in [0.29, 0.717) is 17.6 Å². The second kappa shape index (κ2) is 10.3. The molecular weight excluding hydrogens is 463 g/mol. The monoisotopic (exact) mass is 496 g/mol. The molecule has 0 aliphatic carbocycles. The molecule has 0 heterocycles. The van der Waals surface area contributed by atoms with E-state index in [-0.39, 0.29) is 35.6 Å². The second-order valence-electron chi connectivity index (χ2n) is 8.15. The van der Waals surface area contributed by atoms with Gasteiger partial charge in [-0.05, 0) is 51.5 Å². The summed E-state index contributed by atoms with van der Waals surface area (Å²) in [6.45, 7) is 9.98. The Kier molecular flexibility index (Phi) is 8.95. The van der Waals surface area contributed by atoms with Crippen molar-refractivity contribution in [3.05, 3.63) is 65.2 Å². The molecule has 0 radical (unpaired) electrons. The molecule has 1 unspecified atom stereocenters. The maximum absolute atomic E-state index is 11.7. The van der Waals surface area contributed by atoms with Crippen LogP contribution in [0.2, 0.25) is 0 Å². The number of nitrogens with zero attached hydrogens (tertiary/aromatic N) is 1. The number of halogens is 1. The van der Waals surface area contributed by atoms with Crippen molar-refractivity contribution in [1.29, 1.82) is 0 Å². The summed E-state index contributed by atoms with van der Waals surface area (Å²) < 4.78 is 0.944. The Bertz CT molecular complexity index is 767. The van der Waals surface area contributed by atoms with Crippen molar-refractivity contribution in [1.82, 2.24) is 0 Å². The Hall–Kier alpha value is -1.60. The van der Waals surface area contributed by atoms with Gasteiger partial charge in [0.25, 0.3) is 0 Å². The first kappa shape index (κ1) is 24.4. The van der Waals surface area contributed by atoms with Crippen molar-refractivity contribution in [3.63, 3.8) is 0 Å². The number of benzene rings is 2. The van der Waals surface area contributed by atoms with Crippen molar-refractivity contribution in [2.24, 2.45) is 5.73 Å². The smallest absolute Gasteiger partial charge is 0.248 e. The third kappa shape index (κ3) is 5.47. The second-order valence-corrected chi connectivity index (χ2v) is 8.15. The Balaban J connectivity index is 0.00000392. The molecule has 2 aromatic rings. The third-order valence-corrected chi connectivity index (χ3v) is 6.15. The molecule has 28 heavy (non-hydrogen) atoms. The van der Waals surface area contributed by atoms with Crippen molar-refractivity contribution in [2.45, 2.75) is 52.1 Å². The summed E-state index contributed by atoms with van der Waals surface area (Å²) in [5.41, 5.74) is 7.79. The summed E-state index contributed by atoms with van der Waals surface area (Å²) in [5.74, 6) is -0.273. The van der Waals surface area contributed by atoms with E-state index in [1.54, 1.807) is 18.2 Å². The van der Waals surface area contributed by atoms with Crippen LogP contribution in [0, 0.1) is 0 Å². The molecule has 0 aromatic heterocycles. The van der Waals surface area contributed by atoms with Crippen molar-refractivity contribution in [2.75, 3.05) is 13.6 Å². The molecule has 2 aromatic carbocycles. The van der Waals surface area contributed by atoms with Gasteiger partial charge in [0, 0.05) is 23.5 Å². The van der Waals surface area contributed by atoms with Crippen LogP contribution in [0.4, 0.5) is 0 Å². The predicted molar refractivity (Wildman–Crippen MR) is 111 cm³/mol. The molecule has 0 fully saturated rings. The minimum absolute atomic E-state index is 0. The van der Waals surface area contributed by atoms with E-state index in [1.807, 2.05) is 18.2 Å². The Morgan fingerprint density at radius 1 is 1.04 bits per heavy atom. The number of amides is 1. The highest BCUT2D eigenvalue weighted by atomic mass is 127. The van der Waals surface area contributed by atoms with E-state index in [2.05, 4.69) is 46.9 Å². The maximum Gasteiger partial charge on any atom is 0.248 e. The molecule has 0 saturated carbocycles. The molecule has 2 rings (SSSR count).